The van der Waals surface area contributed by atoms with Crippen LogP contribution < -0.4 is 0 Å². The third-order valence-electron chi connectivity index (χ3n) is 16.0. The normalized spacial score (nSPS) is 12.4. The Labute approximate surface area is 504 Å². The highest BCUT2D eigenvalue weighted by Crippen LogP contribution is 2.18. The number of hydrogen-bond acceptors (Lipinski definition) is 6. The van der Waals surface area contributed by atoms with Crippen LogP contribution in [0, 0.1) is 0 Å². The van der Waals surface area contributed by atoms with Gasteiger partial charge in [-0.1, -0.05) is 319 Å². The average molecular weight is 1130 g/mol. The van der Waals surface area contributed by atoms with E-state index in [-0.39, 0.29) is 31.1 Å². The van der Waals surface area contributed by atoms with Crippen LogP contribution in [0.15, 0.2) is 60.8 Å². The van der Waals surface area contributed by atoms with Gasteiger partial charge in [0.15, 0.2) is 6.10 Å². The molecule has 0 aromatic carbocycles. The number of unbranched alkanes of at least 4 members (excludes halogenated alkanes) is 45. The predicted molar refractivity (Wildman–Crippen MR) is 353 cm³/mol. The first-order valence-corrected chi connectivity index (χ1v) is 35.8. The maximum Gasteiger partial charge on any atom is 0.306 e. The lowest BCUT2D eigenvalue weighted by molar-refractivity contribution is -0.167. The fourth-order valence-electron chi connectivity index (χ4n) is 10.6. The minimum Gasteiger partial charge on any atom is -0.462 e. The predicted octanol–water partition coefficient (Wildman–Crippen LogP) is 24.7. The van der Waals surface area contributed by atoms with Gasteiger partial charge in [-0.3, -0.25) is 14.4 Å². The lowest BCUT2D eigenvalue weighted by Gasteiger charge is -2.18. The zero-order chi connectivity index (χ0) is 58.5. The van der Waals surface area contributed by atoms with Gasteiger partial charge in [0.1, 0.15) is 13.2 Å². The number of esters is 3. The molecule has 0 amide bonds. The number of carbonyl (C=O) groups excluding carboxylic acids is 3. The first kappa shape index (κ1) is 78.1. The van der Waals surface area contributed by atoms with Gasteiger partial charge in [-0.05, 0) is 103 Å². The van der Waals surface area contributed by atoms with Crippen LogP contribution in [0.5, 0.6) is 0 Å². The zero-order valence-electron chi connectivity index (χ0n) is 54.3. The van der Waals surface area contributed by atoms with E-state index in [9.17, 15) is 14.4 Å². The van der Waals surface area contributed by atoms with Crippen LogP contribution in [0.3, 0.4) is 0 Å². The van der Waals surface area contributed by atoms with Crippen molar-refractivity contribution in [1.82, 2.24) is 0 Å². The molecular weight excluding hydrogens is 997 g/mol. The molecule has 0 bridgehead atoms. The highest BCUT2D eigenvalue weighted by atomic mass is 16.6. The Morgan fingerprint density at radius 3 is 0.778 bits per heavy atom. The first-order chi connectivity index (χ1) is 40.0. The van der Waals surface area contributed by atoms with E-state index < -0.39 is 6.10 Å². The molecule has 6 heteroatoms. The fourth-order valence-corrected chi connectivity index (χ4v) is 10.6. The summed E-state index contributed by atoms with van der Waals surface area (Å²) in [7, 11) is 0. The standard InChI is InChI=1S/C75H136O6/c1-4-7-10-13-16-19-22-25-27-28-29-30-31-32-33-34-35-36-37-38-39-40-41-42-43-44-45-46-48-50-53-56-59-62-65-68-74(77)80-71-72(70-79-73(76)67-64-61-58-55-52-49-24-21-18-15-12-9-6-3)81-75(78)69-66-63-60-57-54-51-47-26-23-20-17-14-11-8-5-2/h9,12,18,21,26,28-29,47,49,52,72H,4-8,10-11,13-17,19-20,22-25,27,30-46,48,50-51,53-71H2,1-3H3/b12-9-,21-18-,29-28-,47-26-,52-49-. The quantitative estimate of drug-likeness (QED) is 0.0261. The van der Waals surface area contributed by atoms with Gasteiger partial charge < -0.3 is 14.2 Å². The summed E-state index contributed by atoms with van der Waals surface area (Å²) in [5.74, 6) is -0.904. The second kappa shape index (κ2) is 69.6. The van der Waals surface area contributed by atoms with Crippen molar-refractivity contribution in [2.45, 2.75) is 386 Å². The van der Waals surface area contributed by atoms with E-state index in [2.05, 4.69) is 81.5 Å². The largest absolute Gasteiger partial charge is 0.462 e. The molecule has 0 heterocycles. The summed E-state index contributed by atoms with van der Waals surface area (Å²) in [5, 5.41) is 0. The van der Waals surface area contributed by atoms with Gasteiger partial charge in [0.2, 0.25) is 0 Å². The molecule has 0 fully saturated rings. The summed E-state index contributed by atoms with van der Waals surface area (Å²) < 4.78 is 16.9. The van der Waals surface area contributed by atoms with Crippen molar-refractivity contribution in [3.8, 4) is 0 Å². The molecular formula is C75H136O6. The molecule has 472 valence electrons. The van der Waals surface area contributed by atoms with Crippen molar-refractivity contribution in [2.75, 3.05) is 13.2 Å². The second-order valence-electron chi connectivity index (χ2n) is 24.1. The summed E-state index contributed by atoms with van der Waals surface area (Å²) in [6.45, 7) is 6.54. The molecule has 0 rings (SSSR count). The molecule has 1 unspecified atom stereocenters. The molecule has 0 aliphatic carbocycles. The monoisotopic (exact) mass is 1130 g/mol. The second-order valence-corrected chi connectivity index (χ2v) is 24.1. The number of hydrogen-bond donors (Lipinski definition) is 0. The van der Waals surface area contributed by atoms with Crippen LogP contribution in [0.25, 0.3) is 0 Å². The number of carbonyl (C=O) groups is 3. The van der Waals surface area contributed by atoms with Gasteiger partial charge in [0.05, 0.1) is 0 Å². The van der Waals surface area contributed by atoms with Gasteiger partial charge in [-0.15, -0.1) is 0 Å². The summed E-state index contributed by atoms with van der Waals surface area (Å²) in [6.07, 6.45) is 90.0. The van der Waals surface area contributed by atoms with Crippen molar-refractivity contribution in [3.05, 3.63) is 60.8 Å². The Morgan fingerprint density at radius 2 is 0.481 bits per heavy atom. The van der Waals surface area contributed by atoms with Gasteiger partial charge in [0.25, 0.3) is 0 Å². The summed E-state index contributed by atoms with van der Waals surface area (Å²) in [6, 6.07) is 0. The van der Waals surface area contributed by atoms with Crippen molar-refractivity contribution in [3.63, 3.8) is 0 Å². The molecule has 0 aliphatic rings. The van der Waals surface area contributed by atoms with Crippen molar-refractivity contribution < 1.29 is 28.6 Å². The lowest BCUT2D eigenvalue weighted by Crippen LogP contribution is -2.30. The third kappa shape index (κ3) is 67.8. The first-order valence-electron chi connectivity index (χ1n) is 35.8. The fraction of sp³-hybridized carbons (Fsp3) is 0.827. The highest BCUT2D eigenvalue weighted by molar-refractivity contribution is 5.71. The Morgan fingerprint density at radius 1 is 0.259 bits per heavy atom. The molecule has 0 N–H and O–H groups in total. The molecule has 0 radical (unpaired) electrons. The molecule has 1 atom stereocenters. The van der Waals surface area contributed by atoms with Crippen LogP contribution in [0.1, 0.15) is 380 Å². The van der Waals surface area contributed by atoms with Crippen LogP contribution in [-0.2, 0) is 28.6 Å². The van der Waals surface area contributed by atoms with E-state index in [1.165, 1.54) is 244 Å². The van der Waals surface area contributed by atoms with Crippen LogP contribution >= 0.6 is 0 Å². The molecule has 0 aromatic rings. The number of ether oxygens (including phenoxy) is 3. The van der Waals surface area contributed by atoms with Gasteiger partial charge >= 0.3 is 17.9 Å². The van der Waals surface area contributed by atoms with E-state index in [0.29, 0.717) is 19.3 Å². The van der Waals surface area contributed by atoms with Gasteiger partial charge in [-0.2, -0.15) is 0 Å². The van der Waals surface area contributed by atoms with Crippen LogP contribution in [0.4, 0.5) is 0 Å². The maximum atomic E-state index is 12.9. The van der Waals surface area contributed by atoms with E-state index in [1.54, 1.807) is 0 Å². The maximum absolute atomic E-state index is 12.9. The van der Waals surface area contributed by atoms with Crippen LogP contribution in [-0.4, -0.2) is 37.2 Å². The van der Waals surface area contributed by atoms with Crippen molar-refractivity contribution in [1.29, 1.82) is 0 Å². The molecule has 6 nitrogen and oxygen atoms in total. The molecule has 0 saturated carbocycles. The summed E-state index contributed by atoms with van der Waals surface area (Å²) in [4.78, 5) is 38.3. The van der Waals surface area contributed by atoms with Crippen molar-refractivity contribution >= 4 is 17.9 Å². The van der Waals surface area contributed by atoms with E-state index >= 15 is 0 Å². The van der Waals surface area contributed by atoms with E-state index in [4.69, 9.17) is 14.2 Å². The molecule has 0 saturated heterocycles. The Hall–Kier alpha value is -2.89. The Kier molecular flexibility index (Phi) is 67.1. The molecule has 0 aliphatic heterocycles. The van der Waals surface area contributed by atoms with Gasteiger partial charge in [0, 0.05) is 19.3 Å². The van der Waals surface area contributed by atoms with E-state index in [1.807, 2.05) is 0 Å². The highest BCUT2D eigenvalue weighted by Gasteiger charge is 2.19. The Bertz CT molecular complexity index is 1440. The molecule has 81 heavy (non-hydrogen) atoms. The van der Waals surface area contributed by atoms with Crippen molar-refractivity contribution in [2.24, 2.45) is 0 Å². The zero-order valence-corrected chi connectivity index (χ0v) is 54.3. The number of allylic oxidation sites excluding steroid dienone is 10. The molecule has 0 aromatic heterocycles. The minimum atomic E-state index is -0.790. The topological polar surface area (TPSA) is 78.9 Å². The SMILES string of the molecule is CC/C=C\C/C=C\C/C=C\CCCCCC(=O)OCC(COC(=O)CCCCCCCCCCCCCCCCCCCCCCCCC/C=C\CCCCCCCCCC)OC(=O)CCCCCCC/C=C\CCCCCCCC. The number of rotatable bonds is 66. The molecule has 0 spiro atoms. The van der Waals surface area contributed by atoms with E-state index in [0.717, 1.165) is 96.3 Å². The summed E-state index contributed by atoms with van der Waals surface area (Å²) >= 11 is 0. The van der Waals surface area contributed by atoms with Crippen LogP contribution in [0.2, 0.25) is 0 Å². The minimum absolute atomic E-state index is 0.0836. The lowest BCUT2D eigenvalue weighted by atomic mass is 10.0. The smallest absolute Gasteiger partial charge is 0.306 e. The summed E-state index contributed by atoms with van der Waals surface area (Å²) in [5.41, 5.74) is 0. The third-order valence-corrected chi connectivity index (χ3v) is 16.0. The average Bonchev–Trinajstić information content (AvgIpc) is 3.46. The van der Waals surface area contributed by atoms with Gasteiger partial charge in [-0.25, -0.2) is 0 Å². The Balaban J connectivity index is 4.07.